The minimum Gasteiger partial charge on any atom is -0.348 e. The maximum absolute atomic E-state index is 13.1. The highest BCUT2D eigenvalue weighted by Gasteiger charge is 2.42. The molecule has 3 rings (SSSR count). The van der Waals surface area contributed by atoms with Crippen LogP contribution in [-0.2, 0) is 20.4 Å². The van der Waals surface area contributed by atoms with Crippen molar-refractivity contribution >= 4 is 17.3 Å². The van der Waals surface area contributed by atoms with Gasteiger partial charge < -0.3 is 14.8 Å². The van der Waals surface area contributed by atoms with E-state index in [-0.39, 0.29) is 18.7 Å². The van der Waals surface area contributed by atoms with Crippen LogP contribution in [-0.4, -0.2) is 23.0 Å². The van der Waals surface area contributed by atoms with E-state index in [4.69, 9.17) is 9.47 Å². The molecule has 1 aliphatic heterocycles. The van der Waals surface area contributed by atoms with E-state index in [1.807, 2.05) is 6.07 Å². The number of nitrogens with zero attached hydrogens (tertiary/aromatic N) is 1. The minimum absolute atomic E-state index is 0.182. The van der Waals surface area contributed by atoms with E-state index in [2.05, 4.69) is 5.32 Å². The van der Waals surface area contributed by atoms with Gasteiger partial charge in [0.2, 0.25) is 0 Å². The first-order chi connectivity index (χ1) is 13.6. The number of carbonyl (C=O) groups excluding carboxylic acids is 1. The summed E-state index contributed by atoms with van der Waals surface area (Å²) in [6.45, 7) is 1.72. The van der Waals surface area contributed by atoms with Crippen LogP contribution in [0, 0.1) is 10.1 Å². The van der Waals surface area contributed by atoms with E-state index in [9.17, 15) is 28.1 Å². The normalized spacial score (nSPS) is 22.1. The molecule has 0 spiro atoms. The lowest BCUT2D eigenvalue weighted by Gasteiger charge is -2.37. The average Bonchev–Trinajstić information content (AvgIpc) is 2.68. The van der Waals surface area contributed by atoms with Crippen molar-refractivity contribution < 1.29 is 32.4 Å². The zero-order valence-electron chi connectivity index (χ0n) is 15.2. The Morgan fingerprint density at radius 3 is 2.55 bits per heavy atom. The summed E-state index contributed by atoms with van der Waals surface area (Å²) in [4.78, 5) is 22.5. The van der Waals surface area contributed by atoms with Crippen LogP contribution in [0.2, 0.25) is 0 Å². The Labute approximate surface area is 163 Å². The fourth-order valence-electron chi connectivity index (χ4n) is 2.89. The van der Waals surface area contributed by atoms with Crippen LogP contribution in [0.3, 0.4) is 0 Å². The molecule has 154 valence electrons. The molecule has 0 saturated carbocycles. The van der Waals surface area contributed by atoms with Crippen LogP contribution in [0.15, 0.2) is 48.5 Å². The van der Waals surface area contributed by atoms with Gasteiger partial charge in [-0.1, -0.05) is 30.3 Å². The fraction of sp³-hybridized carbons (Fsp3) is 0.316. The molecule has 0 aromatic heterocycles. The molecule has 0 aliphatic carbocycles. The molecule has 1 aliphatic rings. The number of nitrogens with one attached hydrogen (secondary N) is 1. The second-order valence-electron chi connectivity index (χ2n) is 6.65. The molecular weight excluding hydrogens is 393 g/mol. The monoisotopic (exact) mass is 410 g/mol. The van der Waals surface area contributed by atoms with E-state index in [0.717, 1.165) is 6.07 Å². The Morgan fingerprint density at radius 2 is 1.93 bits per heavy atom. The molecule has 2 atom stereocenters. The van der Waals surface area contributed by atoms with Gasteiger partial charge in [0.15, 0.2) is 6.29 Å². The summed E-state index contributed by atoms with van der Waals surface area (Å²) in [5, 5.41) is 13.2. The summed E-state index contributed by atoms with van der Waals surface area (Å²) < 4.78 is 50.7. The van der Waals surface area contributed by atoms with Gasteiger partial charge in [-0.2, -0.15) is 13.2 Å². The highest BCUT2D eigenvalue weighted by Crippen LogP contribution is 2.38. The third-order valence-corrected chi connectivity index (χ3v) is 4.52. The molecule has 7 nitrogen and oxygen atoms in total. The van der Waals surface area contributed by atoms with Gasteiger partial charge in [-0.15, -0.1) is 0 Å². The first kappa shape index (κ1) is 20.7. The van der Waals surface area contributed by atoms with Gasteiger partial charge in [-0.3, -0.25) is 14.9 Å². The molecule has 0 radical (unpaired) electrons. The molecule has 29 heavy (non-hydrogen) atoms. The number of hydrogen-bond donors (Lipinski definition) is 1. The first-order valence-electron chi connectivity index (χ1n) is 8.61. The number of alkyl halides is 3. The summed E-state index contributed by atoms with van der Waals surface area (Å²) in [6.07, 6.45) is -5.56. The van der Waals surface area contributed by atoms with Crippen LogP contribution in [0.4, 0.5) is 24.5 Å². The zero-order chi connectivity index (χ0) is 21.2. The molecule has 1 amide bonds. The predicted molar refractivity (Wildman–Crippen MR) is 96.0 cm³/mol. The largest absolute Gasteiger partial charge is 0.423 e. The number of nitro groups is 1. The lowest BCUT2D eigenvalue weighted by molar-refractivity contribution is -0.388. The highest BCUT2D eigenvalue weighted by molar-refractivity contribution is 5.97. The third kappa shape index (κ3) is 4.54. The molecule has 2 aromatic carbocycles. The molecule has 0 bridgehead atoms. The SMILES string of the molecule is C[C@@]1(C(=O)Nc2ccc([N+](=O)[O-])c(C(F)(F)F)c2)CCOC(c2ccccc2)O1. The Bertz CT molecular complexity index is 920. The van der Waals surface area contributed by atoms with Crippen molar-refractivity contribution in [3.05, 3.63) is 69.8 Å². The standard InChI is InChI=1S/C19H17F3N2O5/c1-18(9-10-28-16(29-18)12-5-3-2-4-6-12)17(25)23-13-7-8-15(24(26)27)14(11-13)19(20,21)22/h2-8,11,16H,9-10H2,1H3,(H,23,25)/t16?,18-/m0/s1. The Kier molecular flexibility index (Phi) is 5.58. The molecule has 10 heteroatoms. The number of amides is 1. The third-order valence-electron chi connectivity index (χ3n) is 4.52. The predicted octanol–water partition coefficient (Wildman–Crippen LogP) is 4.45. The molecule has 1 unspecified atom stereocenters. The number of rotatable bonds is 4. The molecule has 1 saturated heterocycles. The number of ether oxygens (including phenoxy) is 2. The van der Waals surface area contributed by atoms with Crippen molar-refractivity contribution in [1.29, 1.82) is 0 Å². The highest BCUT2D eigenvalue weighted by atomic mass is 19.4. The minimum atomic E-state index is -4.94. The Morgan fingerprint density at radius 1 is 1.24 bits per heavy atom. The lowest BCUT2D eigenvalue weighted by Crippen LogP contribution is -2.47. The zero-order valence-corrected chi connectivity index (χ0v) is 15.2. The van der Waals surface area contributed by atoms with Gasteiger partial charge in [0.25, 0.3) is 11.6 Å². The lowest BCUT2D eigenvalue weighted by atomic mass is 9.99. The number of benzene rings is 2. The molecule has 1 heterocycles. The van der Waals surface area contributed by atoms with Gasteiger partial charge in [-0.25, -0.2) is 0 Å². The smallest absolute Gasteiger partial charge is 0.348 e. The van der Waals surface area contributed by atoms with Crippen molar-refractivity contribution in [2.45, 2.75) is 31.4 Å². The molecule has 2 aromatic rings. The number of nitro benzene ring substituents is 1. The maximum Gasteiger partial charge on any atom is 0.423 e. The van der Waals surface area contributed by atoms with E-state index >= 15 is 0 Å². The van der Waals surface area contributed by atoms with E-state index in [0.29, 0.717) is 17.7 Å². The second-order valence-corrected chi connectivity index (χ2v) is 6.65. The topological polar surface area (TPSA) is 90.7 Å². The van der Waals surface area contributed by atoms with Gasteiger partial charge in [0.1, 0.15) is 11.2 Å². The summed E-state index contributed by atoms with van der Waals surface area (Å²) in [6, 6.07) is 11.2. The van der Waals surface area contributed by atoms with Crippen LogP contribution in [0.1, 0.15) is 30.8 Å². The second kappa shape index (κ2) is 7.80. The van der Waals surface area contributed by atoms with Crippen molar-refractivity contribution in [2.75, 3.05) is 11.9 Å². The first-order valence-corrected chi connectivity index (χ1v) is 8.61. The fourth-order valence-corrected chi connectivity index (χ4v) is 2.89. The average molecular weight is 410 g/mol. The van der Waals surface area contributed by atoms with Crippen LogP contribution < -0.4 is 5.32 Å². The number of halogens is 3. The molecular formula is C19H17F3N2O5. The summed E-state index contributed by atoms with van der Waals surface area (Å²) in [5.74, 6) is -0.677. The molecule has 1 fully saturated rings. The summed E-state index contributed by atoms with van der Waals surface area (Å²) in [7, 11) is 0. The number of anilines is 1. The van der Waals surface area contributed by atoms with E-state index < -0.39 is 40.1 Å². The van der Waals surface area contributed by atoms with Gasteiger partial charge >= 0.3 is 6.18 Å². The van der Waals surface area contributed by atoms with Crippen LogP contribution in [0.5, 0.6) is 0 Å². The Balaban J connectivity index is 1.81. The maximum atomic E-state index is 13.1. The van der Waals surface area contributed by atoms with Crippen LogP contribution in [0.25, 0.3) is 0 Å². The summed E-state index contributed by atoms with van der Waals surface area (Å²) in [5.41, 5.74) is -3.42. The van der Waals surface area contributed by atoms with Gasteiger partial charge in [-0.05, 0) is 19.1 Å². The van der Waals surface area contributed by atoms with Gasteiger partial charge in [0, 0.05) is 23.7 Å². The van der Waals surface area contributed by atoms with Crippen LogP contribution >= 0.6 is 0 Å². The number of carbonyl (C=O) groups is 1. The van der Waals surface area contributed by atoms with Crippen molar-refractivity contribution in [2.24, 2.45) is 0 Å². The van der Waals surface area contributed by atoms with Crippen molar-refractivity contribution in [3.63, 3.8) is 0 Å². The summed E-state index contributed by atoms with van der Waals surface area (Å²) >= 11 is 0. The number of hydrogen-bond acceptors (Lipinski definition) is 5. The van der Waals surface area contributed by atoms with E-state index in [1.54, 1.807) is 24.3 Å². The van der Waals surface area contributed by atoms with Crippen molar-refractivity contribution in [3.8, 4) is 0 Å². The molecule has 1 N–H and O–H groups in total. The van der Waals surface area contributed by atoms with E-state index in [1.165, 1.54) is 6.92 Å². The quantitative estimate of drug-likeness (QED) is 0.594. The Hall–Kier alpha value is -2.98. The van der Waals surface area contributed by atoms with Crippen molar-refractivity contribution in [1.82, 2.24) is 0 Å². The van der Waals surface area contributed by atoms with Gasteiger partial charge in [0.05, 0.1) is 11.5 Å².